The standard InChI is InChI=1S/C9H13N3O/c13-9(6-7-2-1-3-7)11-8-4-5-10-12-8/h4-5,7H,1-3,6H2,(H2,10,11,12,13). The van der Waals surface area contributed by atoms with Gasteiger partial charge in [-0.1, -0.05) is 6.42 Å². The van der Waals surface area contributed by atoms with Gasteiger partial charge in [-0.05, 0) is 18.8 Å². The molecule has 1 saturated carbocycles. The summed E-state index contributed by atoms with van der Waals surface area (Å²) in [7, 11) is 0. The molecular formula is C9H13N3O. The summed E-state index contributed by atoms with van der Waals surface area (Å²) in [6, 6.07) is 1.75. The van der Waals surface area contributed by atoms with Gasteiger partial charge in [-0.25, -0.2) is 0 Å². The van der Waals surface area contributed by atoms with Crippen LogP contribution in [0.3, 0.4) is 0 Å². The lowest BCUT2D eigenvalue weighted by Crippen LogP contribution is -2.20. The third kappa shape index (κ3) is 2.08. The van der Waals surface area contributed by atoms with Crippen LogP contribution >= 0.6 is 0 Å². The van der Waals surface area contributed by atoms with E-state index in [0.717, 1.165) is 0 Å². The molecule has 0 saturated heterocycles. The highest BCUT2D eigenvalue weighted by Gasteiger charge is 2.20. The highest BCUT2D eigenvalue weighted by atomic mass is 16.1. The van der Waals surface area contributed by atoms with E-state index >= 15 is 0 Å². The molecule has 1 aromatic heterocycles. The van der Waals surface area contributed by atoms with Gasteiger partial charge in [0, 0.05) is 12.5 Å². The van der Waals surface area contributed by atoms with Crippen molar-refractivity contribution in [2.45, 2.75) is 25.7 Å². The second-order valence-electron chi connectivity index (χ2n) is 3.52. The Morgan fingerprint density at radius 3 is 3.08 bits per heavy atom. The van der Waals surface area contributed by atoms with Crippen molar-refractivity contribution < 1.29 is 4.79 Å². The van der Waals surface area contributed by atoms with Gasteiger partial charge < -0.3 is 5.32 Å². The lowest BCUT2D eigenvalue weighted by Gasteiger charge is -2.24. The second kappa shape index (κ2) is 3.60. The molecule has 2 N–H and O–H groups in total. The fourth-order valence-electron chi connectivity index (χ4n) is 1.49. The van der Waals surface area contributed by atoms with Crippen LogP contribution in [0.25, 0.3) is 0 Å². The first-order valence-electron chi connectivity index (χ1n) is 4.64. The zero-order chi connectivity index (χ0) is 9.10. The number of aromatic nitrogens is 2. The Morgan fingerprint density at radius 1 is 1.69 bits per heavy atom. The Hall–Kier alpha value is -1.32. The molecule has 2 rings (SSSR count). The van der Waals surface area contributed by atoms with Crippen LogP contribution in [0, 0.1) is 5.92 Å². The summed E-state index contributed by atoms with van der Waals surface area (Å²) in [4.78, 5) is 11.4. The number of nitrogens with one attached hydrogen (secondary N) is 2. The molecule has 1 fully saturated rings. The Bertz CT molecular complexity index is 277. The molecule has 0 atom stereocenters. The summed E-state index contributed by atoms with van der Waals surface area (Å²) in [5.74, 6) is 1.39. The highest BCUT2D eigenvalue weighted by molar-refractivity contribution is 5.89. The van der Waals surface area contributed by atoms with Crippen molar-refractivity contribution in [2.75, 3.05) is 5.32 Å². The van der Waals surface area contributed by atoms with Crippen molar-refractivity contribution in [1.29, 1.82) is 0 Å². The molecule has 1 amide bonds. The van der Waals surface area contributed by atoms with E-state index in [2.05, 4.69) is 15.5 Å². The first-order chi connectivity index (χ1) is 6.34. The number of carbonyl (C=O) groups excluding carboxylic acids is 1. The summed E-state index contributed by atoms with van der Waals surface area (Å²) in [5, 5.41) is 9.21. The van der Waals surface area contributed by atoms with Crippen LogP contribution in [0.2, 0.25) is 0 Å². The molecule has 0 aliphatic heterocycles. The molecular weight excluding hydrogens is 166 g/mol. The van der Waals surface area contributed by atoms with E-state index in [1.165, 1.54) is 19.3 Å². The van der Waals surface area contributed by atoms with E-state index in [0.29, 0.717) is 18.2 Å². The molecule has 4 heteroatoms. The second-order valence-corrected chi connectivity index (χ2v) is 3.52. The topological polar surface area (TPSA) is 57.8 Å². The number of rotatable bonds is 3. The summed E-state index contributed by atoms with van der Waals surface area (Å²) in [6.45, 7) is 0. The van der Waals surface area contributed by atoms with Gasteiger partial charge in [-0.2, -0.15) is 5.10 Å². The molecule has 0 radical (unpaired) electrons. The molecule has 0 spiro atoms. The molecule has 0 bridgehead atoms. The van der Waals surface area contributed by atoms with Crippen molar-refractivity contribution in [2.24, 2.45) is 5.92 Å². The predicted molar refractivity (Wildman–Crippen MR) is 49.2 cm³/mol. The van der Waals surface area contributed by atoms with Crippen LogP contribution in [-0.4, -0.2) is 16.1 Å². The first kappa shape index (κ1) is 8.29. The van der Waals surface area contributed by atoms with Crippen LogP contribution in [0.1, 0.15) is 25.7 Å². The number of hydrogen-bond acceptors (Lipinski definition) is 2. The van der Waals surface area contributed by atoms with Crippen LogP contribution in [0.5, 0.6) is 0 Å². The number of anilines is 1. The number of amides is 1. The maximum atomic E-state index is 11.4. The van der Waals surface area contributed by atoms with Crippen LogP contribution < -0.4 is 5.32 Å². The molecule has 4 nitrogen and oxygen atoms in total. The molecule has 70 valence electrons. The van der Waals surface area contributed by atoms with Crippen LogP contribution in [0.15, 0.2) is 12.3 Å². The molecule has 1 aromatic rings. The first-order valence-corrected chi connectivity index (χ1v) is 4.64. The van der Waals surface area contributed by atoms with Crippen molar-refractivity contribution in [1.82, 2.24) is 10.2 Å². The van der Waals surface area contributed by atoms with E-state index in [4.69, 9.17) is 0 Å². The highest BCUT2D eigenvalue weighted by Crippen LogP contribution is 2.29. The number of nitrogens with zero attached hydrogens (tertiary/aromatic N) is 1. The van der Waals surface area contributed by atoms with E-state index < -0.39 is 0 Å². The summed E-state index contributed by atoms with van der Waals surface area (Å²) in [5.41, 5.74) is 0. The van der Waals surface area contributed by atoms with Gasteiger partial charge in [0.2, 0.25) is 5.91 Å². The summed E-state index contributed by atoms with van der Waals surface area (Å²) in [6.07, 6.45) is 5.97. The predicted octanol–water partition coefficient (Wildman–Crippen LogP) is 1.54. The maximum Gasteiger partial charge on any atom is 0.225 e. The average molecular weight is 179 g/mol. The van der Waals surface area contributed by atoms with Gasteiger partial charge in [0.05, 0.1) is 6.20 Å². The molecule has 1 aliphatic carbocycles. The SMILES string of the molecule is O=C(CC1CCC1)Nc1ccn[nH]1. The van der Waals surface area contributed by atoms with Crippen molar-refractivity contribution in [3.63, 3.8) is 0 Å². The lowest BCUT2D eigenvalue weighted by molar-refractivity contribution is -0.117. The lowest BCUT2D eigenvalue weighted by atomic mass is 9.83. The normalized spacial score (nSPS) is 16.6. The van der Waals surface area contributed by atoms with Gasteiger partial charge in [-0.15, -0.1) is 0 Å². The maximum absolute atomic E-state index is 11.4. The number of aromatic amines is 1. The number of hydrogen-bond donors (Lipinski definition) is 2. The molecule has 0 unspecified atom stereocenters. The zero-order valence-electron chi connectivity index (χ0n) is 7.42. The minimum Gasteiger partial charge on any atom is -0.311 e. The largest absolute Gasteiger partial charge is 0.311 e. The zero-order valence-corrected chi connectivity index (χ0v) is 7.42. The van der Waals surface area contributed by atoms with E-state index in [9.17, 15) is 4.79 Å². The van der Waals surface area contributed by atoms with Crippen molar-refractivity contribution >= 4 is 11.7 Å². The number of carbonyl (C=O) groups is 1. The Kier molecular flexibility index (Phi) is 2.29. The Morgan fingerprint density at radius 2 is 2.54 bits per heavy atom. The minimum absolute atomic E-state index is 0.0916. The van der Waals surface area contributed by atoms with Crippen molar-refractivity contribution in [3.05, 3.63) is 12.3 Å². The number of H-pyrrole nitrogens is 1. The Labute approximate surface area is 76.7 Å². The third-order valence-electron chi connectivity index (χ3n) is 2.47. The van der Waals surface area contributed by atoms with E-state index in [1.807, 2.05) is 0 Å². The van der Waals surface area contributed by atoms with Crippen LogP contribution in [0.4, 0.5) is 5.82 Å². The minimum atomic E-state index is 0.0916. The van der Waals surface area contributed by atoms with Gasteiger partial charge in [-0.3, -0.25) is 9.89 Å². The summed E-state index contributed by atoms with van der Waals surface area (Å²) < 4.78 is 0. The van der Waals surface area contributed by atoms with E-state index in [-0.39, 0.29) is 5.91 Å². The van der Waals surface area contributed by atoms with Gasteiger partial charge in [0.25, 0.3) is 0 Å². The van der Waals surface area contributed by atoms with Gasteiger partial charge in [0.1, 0.15) is 5.82 Å². The van der Waals surface area contributed by atoms with Crippen LogP contribution in [-0.2, 0) is 4.79 Å². The van der Waals surface area contributed by atoms with Gasteiger partial charge >= 0.3 is 0 Å². The molecule has 0 aromatic carbocycles. The molecule has 1 aliphatic rings. The quantitative estimate of drug-likeness (QED) is 0.739. The monoisotopic (exact) mass is 179 g/mol. The fourth-order valence-corrected chi connectivity index (χ4v) is 1.49. The fraction of sp³-hybridized carbons (Fsp3) is 0.556. The average Bonchev–Trinajstić information content (AvgIpc) is 2.49. The smallest absolute Gasteiger partial charge is 0.225 e. The molecule has 1 heterocycles. The van der Waals surface area contributed by atoms with Crippen molar-refractivity contribution in [3.8, 4) is 0 Å². The third-order valence-corrected chi connectivity index (χ3v) is 2.47. The Balaban J connectivity index is 1.78. The molecule has 13 heavy (non-hydrogen) atoms. The summed E-state index contributed by atoms with van der Waals surface area (Å²) >= 11 is 0. The van der Waals surface area contributed by atoms with Gasteiger partial charge in [0.15, 0.2) is 0 Å². The van der Waals surface area contributed by atoms with E-state index in [1.54, 1.807) is 12.3 Å².